The molecule has 1 saturated heterocycles. The topological polar surface area (TPSA) is 111 Å². The fourth-order valence-corrected chi connectivity index (χ4v) is 5.29. The molecule has 2 aliphatic rings. The second-order valence-electron chi connectivity index (χ2n) is 8.18. The molecule has 32 heavy (non-hydrogen) atoms. The quantitative estimate of drug-likeness (QED) is 0.711. The number of carbonyl (C=O) groups excluding carboxylic acids is 1. The van der Waals surface area contributed by atoms with Gasteiger partial charge in [-0.15, -0.1) is 4.40 Å². The third kappa shape index (κ3) is 5.04. The standard InChI is InChI=1S/C23H27N3O5S/c1-30-19-9-7-16(8-10-19)12-21(27)26-11-3-4-17(13-26)14-31-20-6-2-5-18-15-32(28,29)25-23(24)22(18)20/h2,5-10,17H,3-4,11-15H2,1H3,(H2,24,25)/t17-/m0/s1. The molecular weight excluding hydrogens is 430 g/mol. The number of sulfonamides is 1. The Hall–Kier alpha value is -3.07. The molecule has 0 saturated carbocycles. The smallest absolute Gasteiger partial charge is 0.259 e. The average molecular weight is 458 g/mol. The highest BCUT2D eigenvalue weighted by atomic mass is 32.2. The zero-order valence-electron chi connectivity index (χ0n) is 18.0. The maximum Gasteiger partial charge on any atom is 0.259 e. The molecule has 0 aliphatic carbocycles. The summed E-state index contributed by atoms with van der Waals surface area (Å²) < 4.78 is 38.5. The Kier molecular flexibility index (Phi) is 6.36. The van der Waals surface area contributed by atoms with Gasteiger partial charge < -0.3 is 20.1 Å². The number of amides is 1. The first-order chi connectivity index (χ1) is 15.3. The molecule has 0 radical (unpaired) electrons. The summed E-state index contributed by atoms with van der Waals surface area (Å²) in [7, 11) is -1.97. The third-order valence-electron chi connectivity index (χ3n) is 5.80. The van der Waals surface area contributed by atoms with Gasteiger partial charge in [-0.2, -0.15) is 0 Å². The van der Waals surface area contributed by atoms with Gasteiger partial charge in [0.2, 0.25) is 5.91 Å². The van der Waals surface area contributed by atoms with Gasteiger partial charge in [-0.25, -0.2) is 8.42 Å². The number of carbonyl (C=O) groups is 1. The molecule has 2 N–H and O–H groups in total. The Balaban J connectivity index is 1.37. The van der Waals surface area contributed by atoms with Crippen molar-refractivity contribution < 1.29 is 22.7 Å². The minimum Gasteiger partial charge on any atom is -0.497 e. The summed E-state index contributed by atoms with van der Waals surface area (Å²) in [6.45, 7) is 1.79. The minimum atomic E-state index is -3.59. The van der Waals surface area contributed by atoms with E-state index >= 15 is 0 Å². The summed E-state index contributed by atoms with van der Waals surface area (Å²) in [4.78, 5) is 14.7. The van der Waals surface area contributed by atoms with E-state index in [0.717, 1.165) is 30.7 Å². The lowest BCUT2D eigenvalue weighted by Crippen LogP contribution is -2.42. The van der Waals surface area contributed by atoms with Crippen molar-refractivity contribution in [3.8, 4) is 11.5 Å². The van der Waals surface area contributed by atoms with Crippen LogP contribution in [0.5, 0.6) is 11.5 Å². The normalized spacial score (nSPS) is 19.6. The molecule has 0 aromatic heterocycles. The molecule has 1 amide bonds. The van der Waals surface area contributed by atoms with Crippen LogP contribution >= 0.6 is 0 Å². The second-order valence-corrected chi connectivity index (χ2v) is 9.81. The molecule has 170 valence electrons. The fourth-order valence-electron chi connectivity index (χ4n) is 4.20. The molecule has 1 fully saturated rings. The Bertz CT molecular complexity index is 1130. The van der Waals surface area contributed by atoms with Crippen molar-refractivity contribution in [2.24, 2.45) is 16.0 Å². The van der Waals surface area contributed by atoms with Crippen molar-refractivity contribution in [3.05, 3.63) is 59.2 Å². The van der Waals surface area contributed by atoms with Gasteiger partial charge in [-0.1, -0.05) is 24.3 Å². The number of benzene rings is 2. The highest BCUT2D eigenvalue weighted by Gasteiger charge is 2.27. The van der Waals surface area contributed by atoms with Crippen molar-refractivity contribution >= 4 is 21.8 Å². The Morgan fingerprint density at radius 2 is 2.00 bits per heavy atom. The van der Waals surface area contributed by atoms with Crippen LogP contribution in [0.15, 0.2) is 46.9 Å². The molecule has 1 atom stereocenters. The summed E-state index contributed by atoms with van der Waals surface area (Å²) >= 11 is 0. The number of fused-ring (bicyclic) bond motifs is 1. The average Bonchev–Trinajstić information content (AvgIpc) is 2.77. The van der Waals surface area contributed by atoms with Crippen LogP contribution in [0.1, 0.15) is 29.5 Å². The highest BCUT2D eigenvalue weighted by Crippen LogP contribution is 2.29. The molecule has 2 aromatic carbocycles. The lowest BCUT2D eigenvalue weighted by Gasteiger charge is -2.33. The van der Waals surface area contributed by atoms with Gasteiger partial charge in [-0.3, -0.25) is 4.79 Å². The summed E-state index contributed by atoms with van der Waals surface area (Å²) in [5.74, 6) is 1.35. The van der Waals surface area contributed by atoms with E-state index in [0.29, 0.717) is 36.4 Å². The maximum atomic E-state index is 12.8. The zero-order chi connectivity index (χ0) is 22.7. The number of ether oxygens (including phenoxy) is 2. The van der Waals surface area contributed by atoms with Gasteiger partial charge >= 0.3 is 0 Å². The number of nitrogens with two attached hydrogens (primary N) is 1. The van der Waals surface area contributed by atoms with E-state index in [1.54, 1.807) is 25.3 Å². The summed E-state index contributed by atoms with van der Waals surface area (Å²) in [6, 6.07) is 12.8. The van der Waals surface area contributed by atoms with Crippen LogP contribution in [0.25, 0.3) is 0 Å². The van der Waals surface area contributed by atoms with Crippen LogP contribution in [0.3, 0.4) is 0 Å². The summed E-state index contributed by atoms with van der Waals surface area (Å²) in [5.41, 5.74) is 8.01. The van der Waals surface area contributed by atoms with E-state index in [-0.39, 0.29) is 23.4 Å². The van der Waals surface area contributed by atoms with E-state index < -0.39 is 10.0 Å². The molecule has 2 aliphatic heterocycles. The Morgan fingerprint density at radius 3 is 2.75 bits per heavy atom. The number of likely N-dealkylation sites (tertiary alicyclic amines) is 1. The van der Waals surface area contributed by atoms with Gasteiger partial charge in [0.25, 0.3) is 10.0 Å². The first-order valence-electron chi connectivity index (χ1n) is 10.6. The van der Waals surface area contributed by atoms with Crippen LogP contribution < -0.4 is 15.2 Å². The molecule has 0 unspecified atom stereocenters. The van der Waals surface area contributed by atoms with Crippen molar-refractivity contribution in [1.82, 2.24) is 4.90 Å². The Labute approximate surface area is 188 Å². The number of nitrogens with zero attached hydrogens (tertiary/aromatic N) is 2. The van der Waals surface area contributed by atoms with Gasteiger partial charge in [0.05, 0.1) is 31.5 Å². The molecule has 0 bridgehead atoms. The van der Waals surface area contributed by atoms with Crippen LogP contribution in [0, 0.1) is 5.92 Å². The largest absolute Gasteiger partial charge is 0.497 e. The van der Waals surface area contributed by atoms with Crippen molar-refractivity contribution in [3.63, 3.8) is 0 Å². The summed E-state index contributed by atoms with van der Waals surface area (Å²) in [5, 5.41) is 0. The number of methoxy groups -OCH3 is 1. The number of piperidine rings is 1. The van der Waals surface area contributed by atoms with Gasteiger partial charge in [-0.05, 0) is 42.2 Å². The van der Waals surface area contributed by atoms with E-state index in [2.05, 4.69) is 4.40 Å². The Morgan fingerprint density at radius 1 is 1.22 bits per heavy atom. The number of rotatable bonds is 6. The van der Waals surface area contributed by atoms with E-state index in [1.807, 2.05) is 29.2 Å². The van der Waals surface area contributed by atoms with Crippen LogP contribution in [-0.2, 0) is 27.0 Å². The van der Waals surface area contributed by atoms with E-state index in [4.69, 9.17) is 15.2 Å². The van der Waals surface area contributed by atoms with E-state index in [1.165, 1.54) is 0 Å². The lowest BCUT2D eigenvalue weighted by molar-refractivity contribution is -0.132. The first-order valence-corrected chi connectivity index (χ1v) is 12.2. The highest BCUT2D eigenvalue weighted by molar-refractivity contribution is 7.89. The lowest BCUT2D eigenvalue weighted by atomic mass is 9.98. The van der Waals surface area contributed by atoms with Crippen molar-refractivity contribution in [2.45, 2.75) is 25.0 Å². The van der Waals surface area contributed by atoms with E-state index in [9.17, 15) is 13.2 Å². The first kappa shape index (κ1) is 22.1. The molecule has 9 heteroatoms. The van der Waals surface area contributed by atoms with Gasteiger partial charge in [0, 0.05) is 19.0 Å². The SMILES string of the molecule is COc1ccc(CC(=O)N2CCC[C@H](COc3cccc4c3C(N)=NS(=O)(=O)C4)C2)cc1. The third-order valence-corrected chi connectivity index (χ3v) is 6.96. The summed E-state index contributed by atoms with van der Waals surface area (Å²) in [6.07, 6.45) is 2.22. The zero-order valence-corrected chi connectivity index (χ0v) is 18.8. The molecule has 8 nitrogen and oxygen atoms in total. The number of hydrogen-bond acceptors (Lipinski definition) is 6. The monoisotopic (exact) mass is 457 g/mol. The molecule has 0 spiro atoms. The molecular formula is C23H27N3O5S. The number of amidine groups is 1. The van der Waals surface area contributed by atoms with Crippen molar-refractivity contribution in [2.75, 3.05) is 26.8 Å². The van der Waals surface area contributed by atoms with Gasteiger partial charge in [0.1, 0.15) is 17.3 Å². The van der Waals surface area contributed by atoms with Gasteiger partial charge in [0.15, 0.2) is 0 Å². The van der Waals surface area contributed by atoms with Crippen LogP contribution in [0.2, 0.25) is 0 Å². The second kappa shape index (κ2) is 9.20. The van der Waals surface area contributed by atoms with Crippen LogP contribution in [0.4, 0.5) is 0 Å². The van der Waals surface area contributed by atoms with Crippen LogP contribution in [-0.4, -0.2) is 51.9 Å². The maximum absolute atomic E-state index is 12.8. The minimum absolute atomic E-state index is 0.0400. The molecule has 2 heterocycles. The number of hydrogen-bond donors (Lipinski definition) is 1. The fraction of sp³-hybridized carbons (Fsp3) is 0.391. The predicted octanol–water partition coefficient (Wildman–Crippen LogP) is 2.10. The molecule has 4 rings (SSSR count). The van der Waals surface area contributed by atoms with Crippen molar-refractivity contribution in [1.29, 1.82) is 0 Å². The molecule has 2 aromatic rings. The predicted molar refractivity (Wildman–Crippen MR) is 121 cm³/mol.